The van der Waals surface area contributed by atoms with Gasteiger partial charge in [-0.05, 0) is 41.3 Å². The van der Waals surface area contributed by atoms with Crippen LogP contribution in [0.5, 0.6) is 11.5 Å². The summed E-state index contributed by atoms with van der Waals surface area (Å²) in [5.74, 6) is 1.74. The van der Waals surface area contributed by atoms with Gasteiger partial charge in [-0.15, -0.1) is 5.10 Å². The van der Waals surface area contributed by atoms with Gasteiger partial charge in [-0.2, -0.15) is 4.98 Å². The third-order valence-corrected chi connectivity index (χ3v) is 6.56. The molecule has 1 aliphatic rings. The molecule has 2 N–H and O–H groups in total. The van der Waals surface area contributed by atoms with Crippen molar-refractivity contribution in [2.75, 3.05) is 24.9 Å². The van der Waals surface area contributed by atoms with Gasteiger partial charge in [-0.3, -0.25) is 10.1 Å². The summed E-state index contributed by atoms with van der Waals surface area (Å²) in [4.78, 5) is 17.4. The first-order valence-corrected chi connectivity index (χ1v) is 12.0. The van der Waals surface area contributed by atoms with Crippen molar-refractivity contribution in [1.29, 1.82) is 0 Å². The third kappa shape index (κ3) is 4.85. The summed E-state index contributed by atoms with van der Waals surface area (Å²) in [6.45, 7) is 0. The smallest absolute Gasteiger partial charge is 0.250 e. The number of nitrogens with one attached hydrogen (secondary N) is 2. The minimum atomic E-state index is -0.237. The summed E-state index contributed by atoms with van der Waals surface area (Å²) in [7, 11) is 3.13. The van der Waals surface area contributed by atoms with Crippen LogP contribution in [0.4, 0.5) is 11.9 Å². The molecular weight excluding hydrogens is 478 g/mol. The van der Waals surface area contributed by atoms with Gasteiger partial charge in [0.15, 0.2) is 11.5 Å². The number of halogens is 1. The minimum Gasteiger partial charge on any atom is -0.493 e. The Hall–Kier alpha value is -4.04. The van der Waals surface area contributed by atoms with Gasteiger partial charge in [0.25, 0.3) is 5.95 Å². The molecule has 9 heteroatoms. The van der Waals surface area contributed by atoms with E-state index in [4.69, 9.17) is 21.1 Å². The van der Waals surface area contributed by atoms with Gasteiger partial charge in [0.05, 0.1) is 32.7 Å². The van der Waals surface area contributed by atoms with E-state index in [1.807, 2.05) is 48.5 Å². The summed E-state index contributed by atoms with van der Waals surface area (Å²) in [6, 6.07) is 23.2. The highest BCUT2D eigenvalue weighted by Crippen LogP contribution is 2.40. The number of carbonyl (C=O) groups excluding carboxylic acids is 1. The van der Waals surface area contributed by atoms with Crippen LogP contribution < -0.4 is 20.1 Å². The van der Waals surface area contributed by atoms with Crippen molar-refractivity contribution in [3.63, 3.8) is 0 Å². The first-order chi connectivity index (χ1) is 17.6. The molecule has 2 heterocycles. The molecule has 2 unspecified atom stereocenters. The van der Waals surface area contributed by atoms with E-state index >= 15 is 0 Å². The molecule has 0 fully saturated rings. The van der Waals surface area contributed by atoms with Crippen molar-refractivity contribution in [3.05, 3.63) is 94.5 Å². The number of benzene rings is 3. The van der Waals surface area contributed by atoms with Crippen molar-refractivity contribution < 1.29 is 14.3 Å². The standard InChI is InChI=1S/C27H26ClN5O3/c1-35-23-13-12-17(14-24(23)36-2)15-25(34)30-26-31-27-29-21(18-8-4-3-5-9-18)16-22(33(27)32-26)19-10-6-7-11-20(19)28/h3-14,21-22H,15-16H2,1-2H3,(H2,29,30,31,32,34). The van der Waals surface area contributed by atoms with Crippen LogP contribution in [-0.2, 0) is 11.2 Å². The number of amides is 1. The SMILES string of the molecule is COc1ccc(CC(=O)Nc2nc3n(n2)C(c2ccccc2Cl)CC(c2ccccc2)N3)cc1OC. The maximum atomic E-state index is 12.8. The normalized spacial score (nSPS) is 16.5. The number of methoxy groups -OCH3 is 2. The molecule has 3 aromatic carbocycles. The van der Waals surface area contributed by atoms with E-state index in [1.165, 1.54) is 0 Å². The molecule has 1 aliphatic heterocycles. The van der Waals surface area contributed by atoms with Crippen molar-refractivity contribution in [2.45, 2.75) is 24.9 Å². The van der Waals surface area contributed by atoms with Crippen LogP contribution in [0.25, 0.3) is 0 Å². The second-order valence-corrected chi connectivity index (χ2v) is 8.91. The summed E-state index contributed by atoms with van der Waals surface area (Å²) in [5.41, 5.74) is 2.88. The topological polar surface area (TPSA) is 90.3 Å². The molecule has 0 bridgehead atoms. The molecule has 0 spiro atoms. The van der Waals surface area contributed by atoms with Gasteiger partial charge in [0.1, 0.15) is 0 Å². The third-order valence-electron chi connectivity index (χ3n) is 6.22. The Kier molecular flexibility index (Phi) is 6.77. The number of nitrogens with zero attached hydrogens (tertiary/aromatic N) is 3. The van der Waals surface area contributed by atoms with Crippen LogP contribution >= 0.6 is 11.6 Å². The summed E-state index contributed by atoms with van der Waals surface area (Å²) < 4.78 is 12.4. The van der Waals surface area contributed by atoms with Gasteiger partial charge in [0, 0.05) is 5.02 Å². The molecular formula is C27H26ClN5O3. The first kappa shape index (κ1) is 23.7. The maximum Gasteiger partial charge on any atom is 0.250 e. The maximum absolute atomic E-state index is 12.8. The van der Waals surface area contributed by atoms with Crippen LogP contribution in [0.2, 0.25) is 5.02 Å². The first-order valence-electron chi connectivity index (χ1n) is 11.6. The molecule has 8 nitrogen and oxygen atoms in total. The lowest BCUT2D eigenvalue weighted by molar-refractivity contribution is -0.115. The summed E-state index contributed by atoms with van der Waals surface area (Å²) in [6.07, 6.45) is 0.862. The molecule has 1 aromatic heterocycles. The van der Waals surface area contributed by atoms with Crippen LogP contribution in [0.3, 0.4) is 0 Å². The summed E-state index contributed by atoms with van der Waals surface area (Å²) >= 11 is 6.57. The molecule has 184 valence electrons. The van der Waals surface area contributed by atoms with Gasteiger partial charge >= 0.3 is 0 Å². The monoisotopic (exact) mass is 503 g/mol. The van der Waals surface area contributed by atoms with Gasteiger partial charge in [-0.1, -0.05) is 66.2 Å². The minimum absolute atomic E-state index is 0.0134. The van der Waals surface area contributed by atoms with E-state index in [1.54, 1.807) is 31.0 Å². The fraction of sp³-hybridized carbons (Fsp3) is 0.222. The number of ether oxygens (including phenoxy) is 2. The van der Waals surface area contributed by atoms with Crippen LogP contribution in [0, 0.1) is 0 Å². The van der Waals surface area contributed by atoms with E-state index < -0.39 is 0 Å². The number of anilines is 2. The van der Waals surface area contributed by atoms with Crippen molar-refractivity contribution in [1.82, 2.24) is 14.8 Å². The molecule has 4 aromatic rings. The second kappa shape index (κ2) is 10.3. The molecule has 36 heavy (non-hydrogen) atoms. The van der Waals surface area contributed by atoms with E-state index in [2.05, 4.69) is 32.8 Å². The van der Waals surface area contributed by atoms with Crippen molar-refractivity contribution in [2.24, 2.45) is 0 Å². The largest absolute Gasteiger partial charge is 0.493 e. The number of hydrogen-bond donors (Lipinski definition) is 2. The lowest BCUT2D eigenvalue weighted by Gasteiger charge is -2.32. The van der Waals surface area contributed by atoms with Gasteiger partial charge in [-0.25, -0.2) is 4.68 Å². The lowest BCUT2D eigenvalue weighted by atomic mass is 9.93. The summed E-state index contributed by atoms with van der Waals surface area (Å²) in [5, 5.41) is 11.6. The Morgan fingerprint density at radius 1 is 1.06 bits per heavy atom. The van der Waals surface area contributed by atoms with Crippen LogP contribution in [-0.4, -0.2) is 34.9 Å². The number of fused-ring (bicyclic) bond motifs is 1. The highest BCUT2D eigenvalue weighted by Gasteiger charge is 2.32. The molecule has 0 saturated carbocycles. The average molecular weight is 504 g/mol. The van der Waals surface area contributed by atoms with Crippen molar-refractivity contribution >= 4 is 29.4 Å². The molecule has 2 atom stereocenters. The number of hydrogen-bond acceptors (Lipinski definition) is 6. The van der Waals surface area contributed by atoms with Crippen LogP contribution in [0.1, 0.15) is 35.2 Å². The molecule has 5 rings (SSSR count). The van der Waals surface area contributed by atoms with Gasteiger partial charge in [0.2, 0.25) is 11.9 Å². The van der Waals surface area contributed by atoms with E-state index in [-0.39, 0.29) is 30.4 Å². The Morgan fingerprint density at radius 2 is 1.81 bits per heavy atom. The van der Waals surface area contributed by atoms with Crippen molar-refractivity contribution in [3.8, 4) is 11.5 Å². The van der Waals surface area contributed by atoms with E-state index in [9.17, 15) is 4.79 Å². The zero-order chi connectivity index (χ0) is 25.1. The Bertz CT molecular complexity index is 1380. The Morgan fingerprint density at radius 3 is 2.56 bits per heavy atom. The number of carbonyl (C=O) groups is 1. The fourth-order valence-corrected chi connectivity index (χ4v) is 4.75. The fourth-order valence-electron chi connectivity index (χ4n) is 4.48. The molecule has 0 saturated heterocycles. The van der Waals surface area contributed by atoms with Gasteiger partial charge < -0.3 is 14.8 Å². The predicted molar refractivity (Wildman–Crippen MR) is 139 cm³/mol. The molecule has 0 radical (unpaired) electrons. The molecule has 1 amide bonds. The van der Waals surface area contributed by atoms with Crippen LogP contribution in [0.15, 0.2) is 72.8 Å². The highest BCUT2D eigenvalue weighted by atomic mass is 35.5. The number of rotatable bonds is 7. The van der Waals surface area contributed by atoms with E-state index in [0.717, 1.165) is 23.1 Å². The predicted octanol–water partition coefficient (Wildman–Crippen LogP) is 5.28. The average Bonchev–Trinajstić information content (AvgIpc) is 3.31. The Balaban J connectivity index is 1.40. The zero-order valence-electron chi connectivity index (χ0n) is 19.9. The number of aromatic nitrogens is 3. The second-order valence-electron chi connectivity index (χ2n) is 8.50. The lowest BCUT2D eigenvalue weighted by Crippen LogP contribution is -2.28. The Labute approximate surface area is 214 Å². The van der Waals surface area contributed by atoms with E-state index in [0.29, 0.717) is 22.5 Å². The molecule has 0 aliphatic carbocycles. The quantitative estimate of drug-likeness (QED) is 0.357. The zero-order valence-corrected chi connectivity index (χ0v) is 20.7. The highest BCUT2D eigenvalue weighted by molar-refractivity contribution is 6.31.